The SMILES string of the molecule is CCN(C=CC(=O)c1cc(C)c(C)cc1O)CC. The molecule has 0 fully saturated rings. The maximum atomic E-state index is 12.0. The molecular formula is C15H21NO2. The predicted octanol–water partition coefficient (Wildman–Crippen LogP) is 3.05. The summed E-state index contributed by atoms with van der Waals surface area (Å²) in [6.45, 7) is 9.63. The normalized spacial score (nSPS) is 10.9. The van der Waals surface area contributed by atoms with E-state index in [9.17, 15) is 9.90 Å². The van der Waals surface area contributed by atoms with Gasteiger partial charge < -0.3 is 10.0 Å². The van der Waals surface area contributed by atoms with Gasteiger partial charge in [-0.1, -0.05) is 0 Å². The Morgan fingerprint density at radius 1 is 1.22 bits per heavy atom. The van der Waals surface area contributed by atoms with E-state index in [1.807, 2.05) is 32.6 Å². The number of aryl methyl sites for hydroxylation is 2. The number of allylic oxidation sites excluding steroid dienone is 1. The number of nitrogens with zero attached hydrogens (tertiary/aromatic N) is 1. The number of carbonyl (C=O) groups excluding carboxylic acids is 1. The lowest BCUT2D eigenvalue weighted by molar-refractivity contribution is 0.104. The van der Waals surface area contributed by atoms with Gasteiger partial charge in [-0.3, -0.25) is 4.79 Å². The van der Waals surface area contributed by atoms with E-state index in [1.54, 1.807) is 18.3 Å². The maximum Gasteiger partial charge on any atom is 0.191 e. The number of benzene rings is 1. The zero-order chi connectivity index (χ0) is 13.7. The molecule has 0 aliphatic heterocycles. The fourth-order valence-electron chi connectivity index (χ4n) is 1.70. The van der Waals surface area contributed by atoms with E-state index < -0.39 is 0 Å². The molecule has 3 nitrogen and oxygen atoms in total. The van der Waals surface area contributed by atoms with E-state index >= 15 is 0 Å². The van der Waals surface area contributed by atoms with Gasteiger partial charge >= 0.3 is 0 Å². The summed E-state index contributed by atoms with van der Waals surface area (Å²) in [4.78, 5) is 14.0. The lowest BCUT2D eigenvalue weighted by Crippen LogP contribution is -2.15. The largest absolute Gasteiger partial charge is 0.507 e. The second kappa shape index (κ2) is 6.24. The van der Waals surface area contributed by atoms with Gasteiger partial charge in [-0.15, -0.1) is 0 Å². The van der Waals surface area contributed by atoms with Crippen LogP contribution in [0.3, 0.4) is 0 Å². The van der Waals surface area contributed by atoms with Gasteiger partial charge in [0.1, 0.15) is 5.75 Å². The summed E-state index contributed by atoms with van der Waals surface area (Å²) in [6, 6.07) is 3.37. The summed E-state index contributed by atoms with van der Waals surface area (Å²) in [5.41, 5.74) is 2.35. The number of ketones is 1. The van der Waals surface area contributed by atoms with Crippen molar-refractivity contribution in [3.05, 3.63) is 41.1 Å². The van der Waals surface area contributed by atoms with Gasteiger partial charge in [0.15, 0.2) is 5.78 Å². The van der Waals surface area contributed by atoms with Gasteiger partial charge in [0.2, 0.25) is 0 Å². The number of phenolic OH excluding ortho intramolecular Hbond substituents is 1. The molecule has 0 amide bonds. The molecular weight excluding hydrogens is 226 g/mol. The number of hydrogen-bond acceptors (Lipinski definition) is 3. The lowest BCUT2D eigenvalue weighted by Gasteiger charge is -2.14. The summed E-state index contributed by atoms with van der Waals surface area (Å²) in [6.07, 6.45) is 3.29. The van der Waals surface area contributed by atoms with Crippen LogP contribution in [0.4, 0.5) is 0 Å². The van der Waals surface area contributed by atoms with E-state index in [4.69, 9.17) is 0 Å². The van der Waals surface area contributed by atoms with Crippen molar-refractivity contribution < 1.29 is 9.90 Å². The van der Waals surface area contributed by atoms with Gasteiger partial charge in [0.25, 0.3) is 0 Å². The molecule has 0 heterocycles. The van der Waals surface area contributed by atoms with E-state index in [-0.39, 0.29) is 11.5 Å². The van der Waals surface area contributed by atoms with Gasteiger partial charge in [0, 0.05) is 25.4 Å². The van der Waals surface area contributed by atoms with E-state index in [1.165, 1.54) is 6.08 Å². The number of hydrogen-bond donors (Lipinski definition) is 1. The van der Waals surface area contributed by atoms with Crippen molar-refractivity contribution in [3.63, 3.8) is 0 Å². The Balaban J connectivity index is 2.94. The smallest absolute Gasteiger partial charge is 0.191 e. The van der Waals surface area contributed by atoms with Crippen LogP contribution in [0, 0.1) is 13.8 Å². The molecule has 18 heavy (non-hydrogen) atoms. The molecule has 0 unspecified atom stereocenters. The molecule has 0 radical (unpaired) electrons. The Hall–Kier alpha value is -1.77. The number of aromatic hydroxyl groups is 1. The molecule has 0 spiro atoms. The maximum absolute atomic E-state index is 12.0. The zero-order valence-corrected chi connectivity index (χ0v) is 11.5. The first-order valence-electron chi connectivity index (χ1n) is 6.26. The standard InChI is InChI=1S/C15H21NO2/c1-5-16(6-2)8-7-14(17)13-9-11(3)12(4)10-15(13)18/h7-10,18H,5-6H2,1-4H3. The first-order valence-corrected chi connectivity index (χ1v) is 6.26. The van der Waals surface area contributed by atoms with Crippen molar-refractivity contribution in [2.45, 2.75) is 27.7 Å². The highest BCUT2D eigenvalue weighted by Crippen LogP contribution is 2.22. The monoisotopic (exact) mass is 247 g/mol. The second-order valence-electron chi connectivity index (χ2n) is 4.35. The van der Waals surface area contributed by atoms with Crippen molar-refractivity contribution in [2.75, 3.05) is 13.1 Å². The third-order valence-corrected chi connectivity index (χ3v) is 3.13. The average Bonchev–Trinajstić information content (AvgIpc) is 2.34. The predicted molar refractivity (Wildman–Crippen MR) is 74.0 cm³/mol. The highest BCUT2D eigenvalue weighted by Gasteiger charge is 2.10. The molecule has 0 saturated carbocycles. The van der Waals surface area contributed by atoms with Crippen LogP contribution in [0.15, 0.2) is 24.4 Å². The first-order chi connectivity index (χ1) is 8.49. The average molecular weight is 247 g/mol. The van der Waals surface area contributed by atoms with E-state index in [0.29, 0.717) is 5.56 Å². The third-order valence-electron chi connectivity index (χ3n) is 3.13. The van der Waals surface area contributed by atoms with Crippen LogP contribution < -0.4 is 0 Å². The molecule has 0 bridgehead atoms. The Morgan fingerprint density at radius 2 is 1.78 bits per heavy atom. The Kier molecular flexibility index (Phi) is 4.95. The fourth-order valence-corrected chi connectivity index (χ4v) is 1.70. The minimum absolute atomic E-state index is 0.0484. The molecule has 98 valence electrons. The molecule has 0 aliphatic carbocycles. The van der Waals surface area contributed by atoms with Gasteiger partial charge in [-0.25, -0.2) is 0 Å². The zero-order valence-electron chi connectivity index (χ0n) is 11.5. The van der Waals surface area contributed by atoms with Crippen LogP contribution >= 0.6 is 0 Å². The van der Waals surface area contributed by atoms with Crippen molar-refractivity contribution in [2.24, 2.45) is 0 Å². The summed E-state index contributed by atoms with van der Waals surface area (Å²) in [7, 11) is 0. The van der Waals surface area contributed by atoms with Crippen molar-refractivity contribution in [1.29, 1.82) is 0 Å². The molecule has 1 rings (SSSR count). The van der Waals surface area contributed by atoms with Crippen LogP contribution in [0.5, 0.6) is 5.75 Å². The van der Waals surface area contributed by atoms with E-state index in [2.05, 4.69) is 0 Å². The molecule has 0 aromatic heterocycles. The summed E-state index contributed by atoms with van der Waals surface area (Å²) < 4.78 is 0. The lowest BCUT2D eigenvalue weighted by atomic mass is 10.0. The molecule has 1 N–H and O–H groups in total. The Morgan fingerprint density at radius 3 is 2.33 bits per heavy atom. The molecule has 0 aliphatic rings. The number of rotatable bonds is 5. The Labute approximate surface area is 109 Å². The van der Waals surface area contributed by atoms with Crippen molar-refractivity contribution in [3.8, 4) is 5.75 Å². The minimum Gasteiger partial charge on any atom is -0.507 e. The molecule has 1 aromatic carbocycles. The van der Waals surface area contributed by atoms with Gasteiger partial charge in [-0.2, -0.15) is 0 Å². The summed E-state index contributed by atoms with van der Waals surface area (Å²) >= 11 is 0. The van der Waals surface area contributed by atoms with Crippen LogP contribution in [-0.2, 0) is 0 Å². The first kappa shape index (κ1) is 14.3. The van der Waals surface area contributed by atoms with Gasteiger partial charge in [-0.05, 0) is 51.0 Å². The molecule has 3 heteroatoms. The second-order valence-corrected chi connectivity index (χ2v) is 4.35. The van der Waals surface area contributed by atoms with E-state index in [0.717, 1.165) is 24.2 Å². The molecule has 1 aromatic rings. The minimum atomic E-state index is -0.164. The molecule has 0 atom stereocenters. The molecule has 0 saturated heterocycles. The Bertz CT molecular complexity index is 460. The van der Waals surface area contributed by atoms with Gasteiger partial charge in [0.05, 0.1) is 5.56 Å². The topological polar surface area (TPSA) is 40.5 Å². The fraction of sp³-hybridized carbons (Fsp3) is 0.400. The van der Waals surface area contributed by atoms with Crippen LogP contribution in [0.25, 0.3) is 0 Å². The van der Waals surface area contributed by atoms with Crippen LogP contribution in [0.2, 0.25) is 0 Å². The van der Waals surface area contributed by atoms with Crippen LogP contribution in [-0.4, -0.2) is 28.9 Å². The third kappa shape index (κ3) is 3.36. The summed E-state index contributed by atoms with van der Waals surface area (Å²) in [5, 5.41) is 9.80. The summed E-state index contributed by atoms with van der Waals surface area (Å²) in [5.74, 6) is -0.116. The highest BCUT2D eigenvalue weighted by molar-refractivity contribution is 6.06. The van der Waals surface area contributed by atoms with Crippen molar-refractivity contribution in [1.82, 2.24) is 4.90 Å². The number of phenols is 1. The number of carbonyl (C=O) groups is 1. The van der Waals surface area contributed by atoms with Crippen molar-refractivity contribution >= 4 is 5.78 Å². The highest BCUT2D eigenvalue weighted by atomic mass is 16.3. The quantitative estimate of drug-likeness (QED) is 0.642. The van der Waals surface area contributed by atoms with Crippen LogP contribution in [0.1, 0.15) is 35.3 Å².